The van der Waals surface area contributed by atoms with E-state index in [2.05, 4.69) is 4.98 Å². The highest BCUT2D eigenvalue weighted by molar-refractivity contribution is 6.07. The first-order valence-corrected chi connectivity index (χ1v) is 6.32. The van der Waals surface area contributed by atoms with Gasteiger partial charge in [-0.25, -0.2) is 0 Å². The molecule has 0 saturated heterocycles. The molecule has 0 spiro atoms. The highest BCUT2D eigenvalue weighted by Crippen LogP contribution is 2.24. The Kier molecular flexibility index (Phi) is 3.94. The van der Waals surface area contributed by atoms with Gasteiger partial charge >= 0.3 is 0 Å². The third kappa shape index (κ3) is 3.09. The molecule has 1 aromatic heterocycles. The second-order valence-corrected chi connectivity index (χ2v) is 4.79. The lowest BCUT2D eigenvalue weighted by molar-refractivity contribution is -0.117. The van der Waals surface area contributed by atoms with Crippen LogP contribution < -0.4 is 5.73 Å². The molecule has 4 heteroatoms. The fourth-order valence-electron chi connectivity index (χ4n) is 2.06. The first-order valence-electron chi connectivity index (χ1n) is 6.32. The Labute approximate surface area is 117 Å². The Hall–Kier alpha value is -2.49. The Morgan fingerprint density at radius 3 is 2.65 bits per heavy atom. The van der Waals surface area contributed by atoms with Gasteiger partial charge in [0.1, 0.15) is 0 Å². The van der Waals surface area contributed by atoms with Crippen LogP contribution in [0.3, 0.4) is 0 Å². The number of ketones is 1. The SMILES string of the molecule is Cc1cc(-c2cccc(C(=O)CC(N)=O)c2)c(C)cn1. The van der Waals surface area contributed by atoms with Gasteiger partial charge in [-0.1, -0.05) is 18.2 Å². The maximum Gasteiger partial charge on any atom is 0.225 e. The summed E-state index contributed by atoms with van der Waals surface area (Å²) in [5, 5.41) is 0. The Morgan fingerprint density at radius 1 is 1.20 bits per heavy atom. The summed E-state index contributed by atoms with van der Waals surface area (Å²) < 4.78 is 0. The number of aryl methyl sites for hydroxylation is 2. The van der Waals surface area contributed by atoms with Gasteiger partial charge in [0.15, 0.2) is 5.78 Å². The van der Waals surface area contributed by atoms with Crippen LogP contribution in [0, 0.1) is 13.8 Å². The van der Waals surface area contributed by atoms with E-state index in [1.54, 1.807) is 18.2 Å². The van der Waals surface area contributed by atoms with Crippen molar-refractivity contribution in [1.29, 1.82) is 0 Å². The number of rotatable bonds is 4. The minimum Gasteiger partial charge on any atom is -0.369 e. The van der Waals surface area contributed by atoms with Gasteiger partial charge in [0.25, 0.3) is 0 Å². The van der Waals surface area contributed by atoms with Gasteiger partial charge in [-0.05, 0) is 42.7 Å². The fraction of sp³-hybridized carbons (Fsp3) is 0.188. The van der Waals surface area contributed by atoms with Gasteiger partial charge in [0, 0.05) is 17.5 Å². The molecule has 102 valence electrons. The molecule has 0 aliphatic heterocycles. The van der Waals surface area contributed by atoms with E-state index in [1.807, 2.05) is 32.2 Å². The quantitative estimate of drug-likeness (QED) is 0.683. The Balaban J connectivity index is 2.41. The molecule has 0 radical (unpaired) electrons. The van der Waals surface area contributed by atoms with Gasteiger partial charge in [0.05, 0.1) is 6.42 Å². The number of carbonyl (C=O) groups excluding carboxylic acids is 2. The maximum atomic E-state index is 11.9. The van der Waals surface area contributed by atoms with Crippen molar-refractivity contribution in [3.8, 4) is 11.1 Å². The Morgan fingerprint density at radius 2 is 1.95 bits per heavy atom. The largest absolute Gasteiger partial charge is 0.369 e. The van der Waals surface area contributed by atoms with Crippen molar-refractivity contribution in [2.24, 2.45) is 5.73 Å². The normalized spacial score (nSPS) is 10.3. The number of nitrogens with zero attached hydrogens (tertiary/aromatic N) is 1. The maximum absolute atomic E-state index is 11.9. The van der Waals surface area contributed by atoms with Gasteiger partial charge < -0.3 is 5.73 Å². The molecule has 2 rings (SSSR count). The molecule has 0 bridgehead atoms. The predicted molar refractivity (Wildman–Crippen MR) is 77.3 cm³/mol. The molecular weight excluding hydrogens is 252 g/mol. The van der Waals surface area contributed by atoms with Crippen LogP contribution in [0.5, 0.6) is 0 Å². The monoisotopic (exact) mass is 268 g/mol. The molecule has 1 amide bonds. The minimum absolute atomic E-state index is 0.261. The standard InChI is InChI=1S/C16H16N2O2/c1-10-9-18-11(2)6-14(10)12-4-3-5-13(7-12)15(19)8-16(17)20/h3-7,9H,8H2,1-2H3,(H2,17,20). The van der Waals surface area contributed by atoms with Gasteiger partial charge in [-0.2, -0.15) is 0 Å². The van der Waals surface area contributed by atoms with E-state index in [0.717, 1.165) is 22.4 Å². The van der Waals surface area contributed by atoms with E-state index in [1.165, 1.54) is 0 Å². The summed E-state index contributed by atoms with van der Waals surface area (Å²) in [6.07, 6.45) is 1.54. The summed E-state index contributed by atoms with van der Waals surface area (Å²) in [7, 11) is 0. The van der Waals surface area contributed by atoms with Crippen molar-refractivity contribution >= 4 is 11.7 Å². The van der Waals surface area contributed by atoms with Crippen LogP contribution in [-0.2, 0) is 4.79 Å². The number of pyridine rings is 1. The van der Waals surface area contributed by atoms with Crippen LogP contribution in [0.25, 0.3) is 11.1 Å². The van der Waals surface area contributed by atoms with Crippen molar-refractivity contribution in [3.63, 3.8) is 0 Å². The van der Waals surface area contributed by atoms with E-state index in [4.69, 9.17) is 5.73 Å². The minimum atomic E-state index is -0.615. The number of hydrogen-bond acceptors (Lipinski definition) is 3. The smallest absolute Gasteiger partial charge is 0.225 e. The second kappa shape index (κ2) is 5.65. The lowest BCUT2D eigenvalue weighted by atomic mass is 9.98. The average molecular weight is 268 g/mol. The zero-order chi connectivity index (χ0) is 14.7. The lowest BCUT2D eigenvalue weighted by Crippen LogP contribution is -2.16. The molecule has 1 heterocycles. The summed E-state index contributed by atoms with van der Waals surface area (Å²) in [5.74, 6) is -0.876. The molecule has 2 aromatic rings. The van der Waals surface area contributed by atoms with E-state index in [0.29, 0.717) is 5.56 Å². The molecule has 0 saturated carbocycles. The van der Waals surface area contributed by atoms with Gasteiger partial charge in [-0.15, -0.1) is 0 Å². The number of amides is 1. The van der Waals surface area contributed by atoms with E-state index in [-0.39, 0.29) is 12.2 Å². The first-order chi connectivity index (χ1) is 9.47. The highest BCUT2D eigenvalue weighted by Gasteiger charge is 2.11. The number of benzene rings is 1. The number of nitrogens with two attached hydrogens (primary N) is 1. The molecule has 1 aromatic carbocycles. The lowest BCUT2D eigenvalue weighted by Gasteiger charge is -2.08. The van der Waals surface area contributed by atoms with Crippen molar-refractivity contribution in [1.82, 2.24) is 4.98 Å². The topological polar surface area (TPSA) is 73.1 Å². The molecule has 4 nitrogen and oxygen atoms in total. The molecular formula is C16H16N2O2. The first kappa shape index (κ1) is 13.9. The number of carbonyl (C=O) groups is 2. The molecule has 0 fully saturated rings. The molecule has 2 N–H and O–H groups in total. The van der Waals surface area contributed by atoms with E-state index in [9.17, 15) is 9.59 Å². The molecule has 0 aliphatic rings. The highest BCUT2D eigenvalue weighted by atomic mass is 16.2. The van der Waals surface area contributed by atoms with Crippen molar-refractivity contribution in [3.05, 3.63) is 53.3 Å². The van der Waals surface area contributed by atoms with Crippen molar-refractivity contribution in [2.75, 3.05) is 0 Å². The van der Waals surface area contributed by atoms with Crippen LogP contribution in [0.4, 0.5) is 0 Å². The molecule has 0 atom stereocenters. The van der Waals surface area contributed by atoms with Crippen LogP contribution in [-0.4, -0.2) is 16.7 Å². The van der Waals surface area contributed by atoms with E-state index >= 15 is 0 Å². The number of Topliss-reactive ketones (excluding diaryl/α,β-unsaturated/α-hetero) is 1. The van der Waals surface area contributed by atoms with Gasteiger partial charge in [0.2, 0.25) is 5.91 Å². The van der Waals surface area contributed by atoms with Crippen LogP contribution in [0.1, 0.15) is 28.0 Å². The van der Waals surface area contributed by atoms with Crippen molar-refractivity contribution < 1.29 is 9.59 Å². The number of hydrogen-bond donors (Lipinski definition) is 1. The summed E-state index contributed by atoms with van der Waals surface area (Å²) in [6, 6.07) is 9.19. The summed E-state index contributed by atoms with van der Waals surface area (Å²) >= 11 is 0. The molecule has 0 unspecified atom stereocenters. The zero-order valence-electron chi connectivity index (χ0n) is 11.5. The molecule has 20 heavy (non-hydrogen) atoms. The van der Waals surface area contributed by atoms with Crippen molar-refractivity contribution in [2.45, 2.75) is 20.3 Å². The third-order valence-electron chi connectivity index (χ3n) is 3.07. The van der Waals surface area contributed by atoms with E-state index < -0.39 is 5.91 Å². The van der Waals surface area contributed by atoms with Crippen LogP contribution in [0.15, 0.2) is 36.5 Å². The van der Waals surface area contributed by atoms with Crippen LogP contribution >= 0.6 is 0 Å². The summed E-state index contributed by atoms with van der Waals surface area (Å²) in [5.41, 5.74) is 9.47. The number of primary amides is 1. The summed E-state index contributed by atoms with van der Waals surface area (Å²) in [4.78, 5) is 26.9. The summed E-state index contributed by atoms with van der Waals surface area (Å²) in [6.45, 7) is 3.89. The van der Waals surface area contributed by atoms with Gasteiger partial charge in [-0.3, -0.25) is 14.6 Å². The predicted octanol–water partition coefficient (Wildman–Crippen LogP) is 2.42. The second-order valence-electron chi connectivity index (χ2n) is 4.79. The Bertz CT molecular complexity index is 678. The molecule has 0 aliphatic carbocycles. The third-order valence-corrected chi connectivity index (χ3v) is 3.07. The zero-order valence-corrected chi connectivity index (χ0v) is 11.5. The average Bonchev–Trinajstić information content (AvgIpc) is 2.41. The fourth-order valence-corrected chi connectivity index (χ4v) is 2.06. The number of aromatic nitrogens is 1. The van der Waals surface area contributed by atoms with Crippen LogP contribution in [0.2, 0.25) is 0 Å².